The van der Waals surface area contributed by atoms with Crippen LogP contribution in [0.1, 0.15) is 31.0 Å². The summed E-state index contributed by atoms with van der Waals surface area (Å²) < 4.78 is 0.790. The zero-order chi connectivity index (χ0) is 12.4. The van der Waals surface area contributed by atoms with Gasteiger partial charge in [-0.2, -0.15) is 0 Å². The summed E-state index contributed by atoms with van der Waals surface area (Å²) in [4.78, 5) is 16.5. The number of nitrogens with zero attached hydrogens (tertiary/aromatic N) is 1. The molecule has 1 fully saturated rings. The Labute approximate surface area is 110 Å². The van der Waals surface area contributed by atoms with Crippen molar-refractivity contribution in [2.45, 2.75) is 45.2 Å². The van der Waals surface area contributed by atoms with Gasteiger partial charge in [-0.05, 0) is 54.2 Å². The van der Waals surface area contributed by atoms with E-state index in [-0.39, 0.29) is 11.8 Å². The third-order valence-electron chi connectivity index (χ3n) is 3.27. The van der Waals surface area contributed by atoms with Crippen molar-refractivity contribution in [1.82, 2.24) is 10.3 Å². The molecule has 2 atom stereocenters. The lowest BCUT2D eigenvalue weighted by atomic mass is 10.0. The predicted molar refractivity (Wildman–Crippen MR) is 71.0 cm³/mol. The number of ketones is 1. The van der Waals surface area contributed by atoms with E-state index in [0.29, 0.717) is 12.5 Å². The first kappa shape index (κ1) is 12.7. The van der Waals surface area contributed by atoms with E-state index in [1.807, 2.05) is 19.1 Å². The maximum absolute atomic E-state index is 12.1. The van der Waals surface area contributed by atoms with Gasteiger partial charge in [0.2, 0.25) is 0 Å². The molecule has 1 aliphatic rings. The molecule has 0 bridgehead atoms. The molecule has 2 rings (SSSR count). The Kier molecular flexibility index (Phi) is 3.94. The van der Waals surface area contributed by atoms with Crippen LogP contribution in [0.2, 0.25) is 0 Å². The first-order valence-corrected chi connectivity index (χ1v) is 6.76. The summed E-state index contributed by atoms with van der Waals surface area (Å²) in [5.41, 5.74) is 1.96. The van der Waals surface area contributed by atoms with Crippen molar-refractivity contribution in [1.29, 1.82) is 0 Å². The lowest BCUT2D eigenvalue weighted by molar-refractivity contribution is -0.120. The van der Waals surface area contributed by atoms with Crippen molar-refractivity contribution in [3.8, 4) is 0 Å². The van der Waals surface area contributed by atoms with E-state index in [1.165, 1.54) is 0 Å². The van der Waals surface area contributed by atoms with Crippen molar-refractivity contribution >= 4 is 21.7 Å². The fourth-order valence-electron chi connectivity index (χ4n) is 2.19. The van der Waals surface area contributed by atoms with E-state index >= 15 is 0 Å². The summed E-state index contributed by atoms with van der Waals surface area (Å²) in [7, 11) is 0. The monoisotopic (exact) mass is 296 g/mol. The standard InChI is InChI=1S/C13H17BrN2O/c1-8-3-6-13(14)16-11(8)7-12(17)10-5-4-9(2)15-10/h3,6,9-10,15H,4-5,7H2,1-2H3/t9-,10+/m1/s1. The van der Waals surface area contributed by atoms with E-state index < -0.39 is 0 Å². The van der Waals surface area contributed by atoms with Gasteiger partial charge in [-0.1, -0.05) is 6.07 Å². The average Bonchev–Trinajstić information content (AvgIpc) is 2.70. The molecule has 0 saturated carbocycles. The van der Waals surface area contributed by atoms with E-state index in [9.17, 15) is 4.79 Å². The molecule has 17 heavy (non-hydrogen) atoms. The van der Waals surface area contributed by atoms with Crippen LogP contribution in [0.5, 0.6) is 0 Å². The van der Waals surface area contributed by atoms with Crippen LogP contribution in [0, 0.1) is 6.92 Å². The zero-order valence-electron chi connectivity index (χ0n) is 10.2. The molecule has 2 heterocycles. The molecule has 1 aromatic heterocycles. The van der Waals surface area contributed by atoms with Gasteiger partial charge in [0.15, 0.2) is 5.78 Å². The summed E-state index contributed by atoms with van der Waals surface area (Å²) in [6, 6.07) is 4.37. The smallest absolute Gasteiger partial charge is 0.155 e. The molecule has 1 saturated heterocycles. The molecule has 1 aliphatic heterocycles. The van der Waals surface area contributed by atoms with Gasteiger partial charge in [0.25, 0.3) is 0 Å². The number of Topliss-reactive ketones (excluding diaryl/α,β-unsaturated/α-hetero) is 1. The highest BCUT2D eigenvalue weighted by atomic mass is 79.9. The van der Waals surface area contributed by atoms with Crippen LogP contribution in [0.3, 0.4) is 0 Å². The second kappa shape index (κ2) is 5.27. The summed E-state index contributed by atoms with van der Waals surface area (Å²) >= 11 is 3.34. The molecule has 0 unspecified atom stereocenters. The molecule has 0 spiro atoms. The minimum Gasteiger partial charge on any atom is -0.305 e. The van der Waals surface area contributed by atoms with E-state index in [0.717, 1.165) is 28.7 Å². The number of rotatable bonds is 3. The lowest BCUT2D eigenvalue weighted by Gasteiger charge is -2.11. The van der Waals surface area contributed by atoms with Gasteiger partial charge in [0, 0.05) is 6.04 Å². The third-order valence-corrected chi connectivity index (χ3v) is 3.71. The molecule has 1 aromatic rings. The molecule has 0 amide bonds. The van der Waals surface area contributed by atoms with Crippen LogP contribution < -0.4 is 5.32 Å². The molecule has 0 aliphatic carbocycles. The van der Waals surface area contributed by atoms with Crippen LogP contribution in [0.15, 0.2) is 16.7 Å². The maximum atomic E-state index is 12.1. The van der Waals surface area contributed by atoms with E-state index in [2.05, 4.69) is 33.2 Å². The second-order valence-corrected chi connectivity index (χ2v) is 5.55. The van der Waals surface area contributed by atoms with Gasteiger partial charge in [-0.25, -0.2) is 4.98 Å². The van der Waals surface area contributed by atoms with E-state index in [1.54, 1.807) is 0 Å². The third kappa shape index (κ3) is 3.13. The number of pyridine rings is 1. The highest BCUT2D eigenvalue weighted by Crippen LogP contribution is 2.16. The van der Waals surface area contributed by atoms with Gasteiger partial charge in [0.1, 0.15) is 4.60 Å². The Morgan fingerprint density at radius 1 is 1.53 bits per heavy atom. The number of carbonyl (C=O) groups excluding carboxylic acids is 1. The Morgan fingerprint density at radius 3 is 2.94 bits per heavy atom. The molecule has 1 N–H and O–H groups in total. The summed E-state index contributed by atoms with van der Waals surface area (Å²) in [6.45, 7) is 4.11. The van der Waals surface area contributed by atoms with Gasteiger partial charge >= 0.3 is 0 Å². The SMILES string of the molecule is Cc1ccc(Br)nc1CC(=O)[C@@H]1CC[C@@H](C)N1. The second-order valence-electron chi connectivity index (χ2n) is 4.74. The summed E-state index contributed by atoms with van der Waals surface area (Å²) in [5, 5.41) is 3.32. The molecular weight excluding hydrogens is 280 g/mol. The maximum Gasteiger partial charge on any atom is 0.155 e. The summed E-state index contributed by atoms with van der Waals surface area (Å²) in [6.07, 6.45) is 2.46. The first-order chi connectivity index (χ1) is 8.06. The quantitative estimate of drug-likeness (QED) is 0.871. The van der Waals surface area contributed by atoms with Gasteiger partial charge < -0.3 is 5.32 Å². The van der Waals surface area contributed by atoms with Crippen LogP contribution in [0.4, 0.5) is 0 Å². The van der Waals surface area contributed by atoms with Crippen LogP contribution in [0.25, 0.3) is 0 Å². The molecule has 0 radical (unpaired) electrons. The number of carbonyl (C=O) groups is 1. The average molecular weight is 297 g/mol. The zero-order valence-corrected chi connectivity index (χ0v) is 11.8. The van der Waals surface area contributed by atoms with Crippen molar-refractivity contribution in [3.63, 3.8) is 0 Å². The van der Waals surface area contributed by atoms with Crippen LogP contribution in [-0.4, -0.2) is 22.9 Å². The van der Waals surface area contributed by atoms with Crippen molar-refractivity contribution in [2.24, 2.45) is 0 Å². The highest BCUT2D eigenvalue weighted by molar-refractivity contribution is 9.10. The summed E-state index contributed by atoms with van der Waals surface area (Å²) in [5.74, 6) is 0.253. The molecular formula is C13H17BrN2O. The van der Waals surface area contributed by atoms with Gasteiger partial charge in [-0.15, -0.1) is 0 Å². The highest BCUT2D eigenvalue weighted by Gasteiger charge is 2.26. The molecule has 3 nitrogen and oxygen atoms in total. The Bertz CT molecular complexity index is 433. The van der Waals surface area contributed by atoms with Gasteiger partial charge in [0.05, 0.1) is 18.2 Å². The number of hydrogen-bond acceptors (Lipinski definition) is 3. The van der Waals surface area contributed by atoms with Gasteiger partial charge in [-0.3, -0.25) is 4.79 Å². The minimum absolute atomic E-state index is 0.0187. The van der Waals surface area contributed by atoms with Crippen molar-refractivity contribution < 1.29 is 4.79 Å². The fourth-order valence-corrected chi connectivity index (χ4v) is 2.54. The molecule has 92 valence electrons. The van der Waals surface area contributed by atoms with E-state index in [4.69, 9.17) is 0 Å². The first-order valence-electron chi connectivity index (χ1n) is 5.97. The Hall–Kier alpha value is -0.740. The predicted octanol–water partition coefficient (Wildman–Crippen LogP) is 2.40. The van der Waals surface area contributed by atoms with Crippen molar-refractivity contribution in [3.05, 3.63) is 28.0 Å². The minimum atomic E-state index is 0.0187. The number of hydrogen-bond donors (Lipinski definition) is 1. The largest absolute Gasteiger partial charge is 0.305 e. The Balaban J connectivity index is 2.05. The fraction of sp³-hybridized carbons (Fsp3) is 0.538. The number of halogens is 1. The number of aromatic nitrogens is 1. The molecule has 0 aromatic carbocycles. The van der Waals surface area contributed by atoms with Crippen molar-refractivity contribution in [2.75, 3.05) is 0 Å². The Morgan fingerprint density at radius 2 is 2.29 bits per heavy atom. The van der Waals surface area contributed by atoms with Crippen LogP contribution >= 0.6 is 15.9 Å². The topological polar surface area (TPSA) is 42.0 Å². The normalized spacial score (nSPS) is 23.9. The number of aryl methyl sites for hydroxylation is 1. The number of nitrogens with one attached hydrogen (secondary N) is 1. The molecule has 4 heteroatoms. The van der Waals surface area contributed by atoms with Crippen LogP contribution in [-0.2, 0) is 11.2 Å². The lowest BCUT2D eigenvalue weighted by Crippen LogP contribution is -2.35.